The molecule has 7 heteroatoms. The van der Waals surface area contributed by atoms with Gasteiger partial charge in [-0.15, -0.1) is 0 Å². The molecule has 0 bridgehead atoms. The van der Waals surface area contributed by atoms with Gasteiger partial charge in [0.15, 0.2) is 12.3 Å². The predicted octanol–water partition coefficient (Wildman–Crippen LogP) is 0.0228. The summed E-state index contributed by atoms with van der Waals surface area (Å²) in [5.41, 5.74) is 1.12. The summed E-state index contributed by atoms with van der Waals surface area (Å²) in [6.07, 6.45) is 3.48. The number of anilines is 2. The summed E-state index contributed by atoms with van der Waals surface area (Å²) in [5.74, 6) is 0.606. The van der Waals surface area contributed by atoms with Gasteiger partial charge in [-0.1, -0.05) is 12.1 Å². The molecule has 0 atom stereocenters. The monoisotopic (exact) mass is 340 g/mol. The fourth-order valence-corrected chi connectivity index (χ4v) is 2.97. The zero-order valence-electron chi connectivity index (χ0n) is 14.2. The third-order valence-electron chi connectivity index (χ3n) is 4.30. The number of quaternary nitrogens is 1. The minimum atomic E-state index is -0.0758. The summed E-state index contributed by atoms with van der Waals surface area (Å²) >= 11 is 0. The Morgan fingerprint density at radius 1 is 1.12 bits per heavy atom. The molecule has 1 amide bonds. The topological polar surface area (TPSA) is 79.6 Å². The highest BCUT2D eigenvalue weighted by Gasteiger charge is 2.23. The van der Waals surface area contributed by atoms with E-state index in [4.69, 9.17) is 0 Å². The van der Waals surface area contributed by atoms with E-state index < -0.39 is 0 Å². The van der Waals surface area contributed by atoms with Crippen molar-refractivity contribution < 1.29 is 14.5 Å². The number of hydrogen-bond donors (Lipinski definition) is 2. The number of carbonyl (C=O) groups is 2. The largest absolute Gasteiger partial charge is 0.330 e. The lowest BCUT2D eigenvalue weighted by atomic mass is 10.1. The Kier molecular flexibility index (Phi) is 5.35. The van der Waals surface area contributed by atoms with Crippen molar-refractivity contribution in [3.63, 3.8) is 0 Å². The lowest BCUT2D eigenvalue weighted by Gasteiger charge is -2.31. The van der Waals surface area contributed by atoms with E-state index >= 15 is 0 Å². The first-order valence-electron chi connectivity index (χ1n) is 8.39. The first kappa shape index (κ1) is 17.0. The Balaban J connectivity index is 1.52. The molecule has 7 nitrogen and oxygen atoms in total. The van der Waals surface area contributed by atoms with Gasteiger partial charge < -0.3 is 15.1 Å². The third kappa shape index (κ3) is 4.39. The molecule has 1 aliphatic rings. The SMILES string of the molecule is CC(=O)c1ccccc1NC(=O)C[NH+]1CCN(c2ncccn2)CC1. The van der Waals surface area contributed by atoms with Crippen LogP contribution in [0.25, 0.3) is 0 Å². The lowest BCUT2D eigenvalue weighted by molar-refractivity contribution is -0.892. The van der Waals surface area contributed by atoms with Crippen molar-refractivity contribution in [1.82, 2.24) is 9.97 Å². The molecule has 2 heterocycles. The standard InChI is InChI=1S/C18H21N5O2/c1-14(24)15-5-2-3-6-16(15)21-17(25)13-22-9-11-23(12-10-22)18-19-7-4-8-20-18/h2-8H,9-13H2,1H3,(H,21,25)/p+1. The number of ketones is 1. The maximum Gasteiger partial charge on any atom is 0.279 e. The van der Waals surface area contributed by atoms with Gasteiger partial charge in [-0.2, -0.15) is 0 Å². The van der Waals surface area contributed by atoms with Crippen molar-refractivity contribution in [2.75, 3.05) is 42.9 Å². The molecule has 0 unspecified atom stereocenters. The first-order chi connectivity index (χ1) is 12.1. The molecule has 2 N–H and O–H groups in total. The van der Waals surface area contributed by atoms with Crippen LogP contribution in [-0.2, 0) is 4.79 Å². The smallest absolute Gasteiger partial charge is 0.279 e. The molecule has 1 aromatic heterocycles. The van der Waals surface area contributed by atoms with E-state index in [0.29, 0.717) is 17.8 Å². The summed E-state index contributed by atoms with van der Waals surface area (Å²) in [5, 5.41) is 2.86. The van der Waals surface area contributed by atoms with E-state index in [1.165, 1.54) is 11.8 Å². The summed E-state index contributed by atoms with van der Waals surface area (Å²) in [6, 6.07) is 8.89. The molecular weight excluding hydrogens is 318 g/mol. The van der Waals surface area contributed by atoms with E-state index in [-0.39, 0.29) is 11.7 Å². The molecule has 1 aromatic carbocycles. The van der Waals surface area contributed by atoms with Gasteiger partial charge in [-0.3, -0.25) is 9.59 Å². The quantitative estimate of drug-likeness (QED) is 0.751. The Labute approximate surface area is 146 Å². The minimum absolute atomic E-state index is 0.0558. The number of nitrogens with one attached hydrogen (secondary N) is 2. The molecule has 1 aliphatic heterocycles. The number of carbonyl (C=O) groups excluding carboxylic acids is 2. The van der Waals surface area contributed by atoms with Crippen LogP contribution in [0.4, 0.5) is 11.6 Å². The van der Waals surface area contributed by atoms with Crippen LogP contribution in [0.2, 0.25) is 0 Å². The average Bonchev–Trinajstić information content (AvgIpc) is 2.63. The number of piperazine rings is 1. The average molecular weight is 340 g/mol. The van der Waals surface area contributed by atoms with E-state index in [1.54, 1.807) is 36.7 Å². The highest BCUT2D eigenvalue weighted by atomic mass is 16.2. The Morgan fingerprint density at radius 2 is 1.80 bits per heavy atom. The van der Waals surface area contributed by atoms with Crippen LogP contribution in [0.1, 0.15) is 17.3 Å². The van der Waals surface area contributed by atoms with Gasteiger partial charge >= 0.3 is 0 Å². The molecule has 1 saturated heterocycles. The van der Waals surface area contributed by atoms with Gasteiger partial charge in [0.25, 0.3) is 5.91 Å². The van der Waals surface area contributed by atoms with Crippen molar-refractivity contribution in [3.05, 3.63) is 48.3 Å². The number of para-hydroxylation sites is 1. The normalized spacial score (nSPS) is 15.0. The summed E-state index contributed by atoms with van der Waals surface area (Å²) in [7, 11) is 0. The van der Waals surface area contributed by atoms with Gasteiger partial charge in [0.05, 0.1) is 31.9 Å². The van der Waals surface area contributed by atoms with Gasteiger partial charge in [0.2, 0.25) is 5.95 Å². The number of rotatable bonds is 5. The number of amides is 1. The van der Waals surface area contributed by atoms with Crippen molar-refractivity contribution in [2.24, 2.45) is 0 Å². The van der Waals surface area contributed by atoms with E-state index in [2.05, 4.69) is 20.2 Å². The predicted molar refractivity (Wildman–Crippen MR) is 94.9 cm³/mol. The fraction of sp³-hybridized carbons (Fsp3) is 0.333. The maximum absolute atomic E-state index is 12.3. The van der Waals surface area contributed by atoms with Crippen LogP contribution in [0.15, 0.2) is 42.7 Å². The number of Topliss-reactive ketones (excluding diaryl/α,β-unsaturated/α-hetero) is 1. The lowest BCUT2D eigenvalue weighted by Crippen LogP contribution is -3.15. The molecule has 0 saturated carbocycles. The summed E-state index contributed by atoms with van der Waals surface area (Å²) in [6.45, 7) is 5.21. The maximum atomic E-state index is 12.3. The highest BCUT2D eigenvalue weighted by Crippen LogP contribution is 2.15. The van der Waals surface area contributed by atoms with Crippen LogP contribution < -0.4 is 15.1 Å². The molecule has 0 aliphatic carbocycles. The van der Waals surface area contributed by atoms with Crippen LogP contribution in [0.5, 0.6) is 0 Å². The van der Waals surface area contributed by atoms with E-state index in [1.807, 2.05) is 6.07 Å². The van der Waals surface area contributed by atoms with Crippen molar-refractivity contribution in [1.29, 1.82) is 0 Å². The molecule has 25 heavy (non-hydrogen) atoms. The Hall–Kier alpha value is -2.80. The molecule has 3 rings (SSSR count). The van der Waals surface area contributed by atoms with Crippen molar-refractivity contribution in [3.8, 4) is 0 Å². The Bertz CT molecular complexity index is 742. The van der Waals surface area contributed by atoms with Crippen LogP contribution in [0, 0.1) is 0 Å². The number of benzene rings is 1. The molecule has 130 valence electrons. The summed E-state index contributed by atoms with van der Waals surface area (Å²) in [4.78, 5) is 35.8. The number of hydrogen-bond acceptors (Lipinski definition) is 5. The second kappa shape index (κ2) is 7.85. The number of aromatic nitrogens is 2. The van der Waals surface area contributed by atoms with Crippen molar-refractivity contribution in [2.45, 2.75) is 6.92 Å². The zero-order valence-corrected chi connectivity index (χ0v) is 14.2. The minimum Gasteiger partial charge on any atom is -0.330 e. The second-order valence-corrected chi connectivity index (χ2v) is 6.11. The molecule has 1 fully saturated rings. The molecule has 0 spiro atoms. The van der Waals surface area contributed by atoms with Gasteiger partial charge in [-0.25, -0.2) is 9.97 Å². The van der Waals surface area contributed by atoms with Gasteiger partial charge in [-0.05, 0) is 25.1 Å². The first-order valence-corrected chi connectivity index (χ1v) is 8.39. The van der Waals surface area contributed by atoms with Crippen LogP contribution in [-0.4, -0.2) is 54.4 Å². The number of nitrogens with zero attached hydrogens (tertiary/aromatic N) is 3. The summed E-state index contributed by atoms with van der Waals surface area (Å²) < 4.78 is 0. The Morgan fingerprint density at radius 3 is 2.48 bits per heavy atom. The second-order valence-electron chi connectivity index (χ2n) is 6.11. The van der Waals surface area contributed by atoms with E-state index in [0.717, 1.165) is 32.1 Å². The zero-order chi connectivity index (χ0) is 17.6. The highest BCUT2D eigenvalue weighted by molar-refractivity contribution is 6.03. The van der Waals surface area contributed by atoms with Gasteiger partial charge in [0, 0.05) is 18.0 Å². The van der Waals surface area contributed by atoms with Crippen molar-refractivity contribution >= 4 is 23.3 Å². The third-order valence-corrected chi connectivity index (χ3v) is 4.30. The molecule has 0 radical (unpaired) electrons. The van der Waals surface area contributed by atoms with E-state index in [9.17, 15) is 9.59 Å². The fourth-order valence-electron chi connectivity index (χ4n) is 2.97. The van der Waals surface area contributed by atoms with Gasteiger partial charge in [0.1, 0.15) is 0 Å². The molecular formula is C18H22N5O2+. The van der Waals surface area contributed by atoms with Crippen LogP contribution >= 0.6 is 0 Å². The van der Waals surface area contributed by atoms with Crippen LogP contribution in [0.3, 0.4) is 0 Å². The molecule has 2 aromatic rings.